The van der Waals surface area contributed by atoms with Crippen LogP contribution in [0.1, 0.15) is 16.0 Å². The van der Waals surface area contributed by atoms with Gasteiger partial charge in [-0.2, -0.15) is 0 Å². The Hall–Kier alpha value is -1.60. The van der Waals surface area contributed by atoms with E-state index in [1.807, 2.05) is 23.6 Å². The Morgan fingerprint density at radius 3 is 2.78 bits per heavy atom. The first-order valence-corrected chi connectivity index (χ1v) is 6.64. The normalized spacial score (nSPS) is 9.83. The number of benzene rings is 1. The molecule has 2 aromatic rings. The van der Waals surface area contributed by atoms with Gasteiger partial charge in [0.15, 0.2) is 0 Å². The quantitative estimate of drug-likeness (QED) is 0.855. The molecule has 0 aliphatic carbocycles. The van der Waals surface area contributed by atoms with Gasteiger partial charge in [-0.15, -0.1) is 11.3 Å². The van der Waals surface area contributed by atoms with Crippen LogP contribution in [0.15, 0.2) is 41.8 Å². The maximum Gasteiger partial charge on any atom is 0.0814 e. The summed E-state index contributed by atoms with van der Waals surface area (Å²) in [5.41, 5.74) is 7.54. The first-order chi connectivity index (χ1) is 8.88. The maximum absolute atomic E-state index is 5.66. The highest BCUT2D eigenvalue weighted by Crippen LogP contribution is 2.15. The zero-order valence-corrected chi connectivity index (χ0v) is 10.9. The number of thiophene rings is 1. The molecule has 0 bridgehead atoms. The van der Waals surface area contributed by atoms with Crippen LogP contribution in [-0.2, 0) is 18.0 Å². The zero-order valence-electron chi connectivity index (χ0n) is 10.1. The molecule has 0 atom stereocenters. The highest BCUT2D eigenvalue weighted by Gasteiger charge is 1.98. The zero-order chi connectivity index (χ0) is 12.6. The maximum atomic E-state index is 5.66. The topological polar surface area (TPSA) is 35.2 Å². The molecule has 0 spiro atoms. The molecule has 1 aromatic heterocycles. The van der Waals surface area contributed by atoms with Crippen molar-refractivity contribution in [1.82, 2.24) is 0 Å². The summed E-state index contributed by atoms with van der Waals surface area (Å²) in [6.45, 7) is 1.67. The molecule has 92 valence electrons. The van der Waals surface area contributed by atoms with E-state index in [2.05, 4.69) is 30.0 Å². The molecule has 2 rings (SSSR count). The third-order valence-corrected chi connectivity index (χ3v) is 3.25. The summed E-state index contributed by atoms with van der Waals surface area (Å²) in [6, 6.07) is 12.2. The Morgan fingerprint density at radius 1 is 1.17 bits per heavy atom. The Balaban J connectivity index is 1.82. The van der Waals surface area contributed by atoms with E-state index in [4.69, 9.17) is 10.5 Å². The lowest BCUT2D eigenvalue weighted by Crippen LogP contribution is -1.93. The van der Waals surface area contributed by atoms with Crippen LogP contribution in [0.3, 0.4) is 0 Å². The van der Waals surface area contributed by atoms with Crippen molar-refractivity contribution in [2.24, 2.45) is 5.73 Å². The number of nitrogens with two attached hydrogens (primary N) is 1. The predicted molar refractivity (Wildman–Crippen MR) is 75.2 cm³/mol. The van der Waals surface area contributed by atoms with Gasteiger partial charge in [0.05, 0.1) is 19.8 Å². The minimum absolute atomic E-state index is 0.398. The summed E-state index contributed by atoms with van der Waals surface area (Å²) < 4.78 is 5.66. The molecule has 0 fully saturated rings. The SMILES string of the molecule is NCC#Cc1csc(COCc2ccccc2)c1. The first kappa shape index (κ1) is 12.8. The number of rotatable bonds is 4. The van der Waals surface area contributed by atoms with Crippen LogP contribution in [0.2, 0.25) is 0 Å². The largest absolute Gasteiger partial charge is 0.371 e. The lowest BCUT2D eigenvalue weighted by Gasteiger charge is -2.01. The molecule has 0 saturated heterocycles. The third-order valence-electron chi connectivity index (χ3n) is 2.34. The fourth-order valence-electron chi connectivity index (χ4n) is 1.52. The Morgan fingerprint density at radius 2 is 2.00 bits per heavy atom. The van der Waals surface area contributed by atoms with E-state index in [0.29, 0.717) is 19.8 Å². The van der Waals surface area contributed by atoms with Crippen LogP contribution in [0.5, 0.6) is 0 Å². The standard InChI is InChI=1S/C15H15NOS/c16-8-4-7-14-9-15(18-12-14)11-17-10-13-5-2-1-3-6-13/h1-3,5-6,9,12H,8,10-11,16H2. The van der Waals surface area contributed by atoms with Crippen molar-refractivity contribution in [3.63, 3.8) is 0 Å². The molecular formula is C15H15NOS. The van der Waals surface area contributed by atoms with Crippen molar-refractivity contribution in [3.8, 4) is 11.8 Å². The van der Waals surface area contributed by atoms with Crippen LogP contribution in [0, 0.1) is 11.8 Å². The molecule has 0 saturated carbocycles. The summed E-state index contributed by atoms with van der Waals surface area (Å²) in [5, 5.41) is 2.03. The number of hydrogen-bond acceptors (Lipinski definition) is 3. The summed E-state index contributed by atoms with van der Waals surface area (Å²) in [6.07, 6.45) is 0. The summed E-state index contributed by atoms with van der Waals surface area (Å²) >= 11 is 1.67. The summed E-state index contributed by atoms with van der Waals surface area (Å²) in [4.78, 5) is 1.19. The smallest absolute Gasteiger partial charge is 0.0814 e. The highest BCUT2D eigenvalue weighted by molar-refractivity contribution is 7.10. The molecule has 0 radical (unpaired) electrons. The van der Waals surface area contributed by atoms with Gasteiger partial charge in [-0.25, -0.2) is 0 Å². The number of hydrogen-bond donors (Lipinski definition) is 1. The van der Waals surface area contributed by atoms with Gasteiger partial charge >= 0.3 is 0 Å². The van der Waals surface area contributed by atoms with E-state index in [1.165, 1.54) is 10.4 Å². The molecule has 0 aliphatic heterocycles. The first-order valence-electron chi connectivity index (χ1n) is 5.76. The van der Waals surface area contributed by atoms with Gasteiger partial charge in [-0.05, 0) is 11.6 Å². The fourth-order valence-corrected chi connectivity index (χ4v) is 2.27. The van der Waals surface area contributed by atoms with Gasteiger partial charge in [0.1, 0.15) is 0 Å². The van der Waals surface area contributed by atoms with E-state index >= 15 is 0 Å². The predicted octanol–water partition coefficient (Wildman–Crippen LogP) is 2.78. The average Bonchev–Trinajstić information content (AvgIpc) is 2.85. The van der Waals surface area contributed by atoms with Crippen molar-refractivity contribution in [2.45, 2.75) is 13.2 Å². The van der Waals surface area contributed by atoms with Crippen molar-refractivity contribution < 1.29 is 4.74 Å². The van der Waals surface area contributed by atoms with Crippen LogP contribution in [-0.4, -0.2) is 6.54 Å². The van der Waals surface area contributed by atoms with Crippen molar-refractivity contribution in [1.29, 1.82) is 0 Å². The van der Waals surface area contributed by atoms with Crippen molar-refractivity contribution in [2.75, 3.05) is 6.54 Å². The van der Waals surface area contributed by atoms with E-state index in [0.717, 1.165) is 5.56 Å². The van der Waals surface area contributed by atoms with Crippen LogP contribution >= 0.6 is 11.3 Å². The van der Waals surface area contributed by atoms with Gasteiger partial charge in [0.25, 0.3) is 0 Å². The Bertz CT molecular complexity index is 536. The molecule has 1 aromatic carbocycles. The summed E-state index contributed by atoms with van der Waals surface area (Å²) in [7, 11) is 0. The Kier molecular flexibility index (Phi) is 4.98. The Labute approximate surface area is 111 Å². The van der Waals surface area contributed by atoms with Gasteiger partial charge in [-0.3, -0.25) is 0 Å². The molecular weight excluding hydrogens is 242 g/mol. The lowest BCUT2D eigenvalue weighted by molar-refractivity contribution is 0.109. The van der Waals surface area contributed by atoms with Gasteiger partial charge < -0.3 is 10.5 Å². The molecule has 0 aliphatic rings. The average molecular weight is 257 g/mol. The van der Waals surface area contributed by atoms with E-state index in [9.17, 15) is 0 Å². The number of ether oxygens (including phenoxy) is 1. The van der Waals surface area contributed by atoms with Gasteiger partial charge in [0.2, 0.25) is 0 Å². The second-order valence-corrected chi connectivity index (χ2v) is 4.78. The van der Waals surface area contributed by atoms with Gasteiger partial charge in [0, 0.05) is 15.8 Å². The van der Waals surface area contributed by atoms with Gasteiger partial charge in [-0.1, -0.05) is 42.2 Å². The second kappa shape index (κ2) is 6.97. The minimum atomic E-state index is 0.398. The molecule has 1 heterocycles. The van der Waals surface area contributed by atoms with E-state index in [1.54, 1.807) is 11.3 Å². The van der Waals surface area contributed by atoms with E-state index < -0.39 is 0 Å². The molecule has 3 heteroatoms. The van der Waals surface area contributed by atoms with Crippen molar-refractivity contribution in [3.05, 3.63) is 57.8 Å². The van der Waals surface area contributed by atoms with Crippen molar-refractivity contribution >= 4 is 11.3 Å². The highest BCUT2D eigenvalue weighted by atomic mass is 32.1. The lowest BCUT2D eigenvalue weighted by atomic mass is 10.2. The van der Waals surface area contributed by atoms with Crippen LogP contribution in [0.4, 0.5) is 0 Å². The molecule has 2 nitrogen and oxygen atoms in total. The molecule has 2 N–H and O–H groups in total. The third kappa shape index (κ3) is 4.01. The fraction of sp³-hybridized carbons (Fsp3) is 0.200. The molecule has 0 unspecified atom stereocenters. The molecule has 0 amide bonds. The van der Waals surface area contributed by atoms with E-state index in [-0.39, 0.29) is 0 Å². The van der Waals surface area contributed by atoms with Crippen LogP contribution < -0.4 is 5.73 Å². The monoisotopic (exact) mass is 257 g/mol. The summed E-state index contributed by atoms with van der Waals surface area (Å²) in [5.74, 6) is 5.86. The second-order valence-electron chi connectivity index (χ2n) is 3.79. The van der Waals surface area contributed by atoms with Crippen LogP contribution in [0.25, 0.3) is 0 Å². The minimum Gasteiger partial charge on any atom is -0.371 e. The molecule has 18 heavy (non-hydrogen) atoms.